The Bertz CT molecular complexity index is 972. The minimum absolute atomic E-state index is 0.246. The molecule has 1 aliphatic heterocycles. The van der Waals surface area contributed by atoms with Gasteiger partial charge in [0.1, 0.15) is 6.61 Å². The third kappa shape index (κ3) is 4.07. The number of hydrogen-bond acceptors (Lipinski definition) is 2. The van der Waals surface area contributed by atoms with Crippen LogP contribution >= 0.6 is 7.92 Å². The summed E-state index contributed by atoms with van der Waals surface area (Å²) in [6.45, 7) is 9.61. The Labute approximate surface area is 181 Å². The molecule has 3 aromatic carbocycles. The molecule has 0 saturated heterocycles. The van der Waals surface area contributed by atoms with E-state index in [-0.39, 0.29) is 11.5 Å². The van der Waals surface area contributed by atoms with Gasteiger partial charge in [-0.1, -0.05) is 98.8 Å². The zero-order valence-corrected chi connectivity index (χ0v) is 19.1. The van der Waals surface area contributed by atoms with E-state index in [1.807, 2.05) is 0 Å². The monoisotopic (exact) mass is 415 g/mol. The van der Waals surface area contributed by atoms with E-state index in [1.54, 1.807) is 0 Å². The smallest absolute Gasteiger partial charge is 0.194 e. The number of nitrogens with zero attached hydrogens (tertiary/aromatic N) is 1. The van der Waals surface area contributed by atoms with Gasteiger partial charge < -0.3 is 4.74 Å². The average Bonchev–Trinajstić information content (AvgIpc) is 3.28. The van der Waals surface area contributed by atoms with E-state index < -0.39 is 7.92 Å². The summed E-state index contributed by atoms with van der Waals surface area (Å²) in [7, 11) is -0.680. The third-order valence-corrected chi connectivity index (χ3v) is 8.33. The molecule has 1 aliphatic rings. The van der Waals surface area contributed by atoms with Gasteiger partial charge in [-0.15, -0.1) is 0 Å². The van der Waals surface area contributed by atoms with Crippen molar-refractivity contribution in [2.75, 3.05) is 6.61 Å². The van der Waals surface area contributed by atoms with Gasteiger partial charge in [0.2, 0.25) is 0 Å². The first-order chi connectivity index (χ1) is 14.5. The summed E-state index contributed by atoms with van der Waals surface area (Å²) in [5.74, 6) is 1.35. The maximum atomic E-state index is 6.15. The summed E-state index contributed by atoms with van der Waals surface area (Å²) in [4.78, 5) is 4.98. The van der Waals surface area contributed by atoms with Crippen LogP contribution in [0.5, 0.6) is 0 Å². The normalized spacial score (nSPS) is 16.6. The van der Waals surface area contributed by atoms with E-state index in [4.69, 9.17) is 9.73 Å². The molecule has 30 heavy (non-hydrogen) atoms. The van der Waals surface area contributed by atoms with Crippen molar-refractivity contribution in [1.29, 1.82) is 0 Å². The van der Waals surface area contributed by atoms with E-state index in [0.717, 1.165) is 5.90 Å². The summed E-state index contributed by atoms with van der Waals surface area (Å²) < 4.78 is 6.15. The SMILES string of the molecule is CC(C)C1COC(C(C)(C)c2ccccc2P(c2ccccc2)c2ccccc2)=N1. The lowest BCUT2D eigenvalue weighted by Crippen LogP contribution is -2.36. The van der Waals surface area contributed by atoms with Crippen LogP contribution in [0.25, 0.3) is 0 Å². The van der Waals surface area contributed by atoms with E-state index in [1.165, 1.54) is 21.5 Å². The van der Waals surface area contributed by atoms with Crippen LogP contribution in [0.2, 0.25) is 0 Å². The maximum Gasteiger partial charge on any atom is 0.194 e. The Hall–Kier alpha value is -2.44. The second-order valence-corrected chi connectivity index (χ2v) is 10.9. The highest BCUT2D eigenvalue weighted by molar-refractivity contribution is 7.79. The first kappa shape index (κ1) is 20.8. The minimum atomic E-state index is -0.680. The molecule has 1 unspecified atom stereocenters. The highest BCUT2D eigenvalue weighted by atomic mass is 31.1. The lowest BCUT2D eigenvalue weighted by Gasteiger charge is -2.30. The highest BCUT2D eigenvalue weighted by Gasteiger charge is 2.37. The fourth-order valence-corrected chi connectivity index (χ4v) is 6.59. The van der Waals surface area contributed by atoms with Gasteiger partial charge in [-0.3, -0.25) is 0 Å². The van der Waals surface area contributed by atoms with E-state index >= 15 is 0 Å². The van der Waals surface area contributed by atoms with Gasteiger partial charge in [0, 0.05) is 0 Å². The van der Waals surface area contributed by atoms with Crippen molar-refractivity contribution >= 4 is 29.7 Å². The van der Waals surface area contributed by atoms with Crippen molar-refractivity contribution in [2.24, 2.45) is 10.9 Å². The Morgan fingerprint density at radius 1 is 0.833 bits per heavy atom. The van der Waals surface area contributed by atoms with Gasteiger partial charge in [0.05, 0.1) is 11.5 Å². The van der Waals surface area contributed by atoms with Crippen LogP contribution in [0, 0.1) is 5.92 Å². The molecule has 0 aliphatic carbocycles. The van der Waals surface area contributed by atoms with Gasteiger partial charge in [0.25, 0.3) is 0 Å². The Kier molecular flexibility index (Phi) is 6.06. The van der Waals surface area contributed by atoms with Gasteiger partial charge in [-0.25, -0.2) is 4.99 Å². The summed E-state index contributed by atoms with van der Waals surface area (Å²) in [5, 5.41) is 4.08. The molecule has 2 nitrogen and oxygen atoms in total. The number of rotatable bonds is 6. The number of benzene rings is 3. The van der Waals surface area contributed by atoms with Crippen LogP contribution in [0.1, 0.15) is 33.3 Å². The predicted octanol–water partition coefficient (Wildman–Crippen LogP) is 5.18. The first-order valence-electron chi connectivity index (χ1n) is 10.7. The number of ether oxygens (including phenoxy) is 1. The van der Waals surface area contributed by atoms with E-state index in [9.17, 15) is 0 Å². The highest BCUT2D eigenvalue weighted by Crippen LogP contribution is 2.38. The van der Waals surface area contributed by atoms with Crippen molar-refractivity contribution in [3.05, 3.63) is 90.5 Å². The Morgan fingerprint density at radius 2 is 1.37 bits per heavy atom. The van der Waals surface area contributed by atoms with Crippen LogP contribution in [-0.2, 0) is 10.2 Å². The zero-order chi connectivity index (χ0) is 21.1. The molecule has 0 spiro atoms. The minimum Gasteiger partial charge on any atom is -0.478 e. The lowest BCUT2D eigenvalue weighted by molar-refractivity contribution is 0.274. The zero-order valence-electron chi connectivity index (χ0n) is 18.2. The van der Waals surface area contributed by atoms with Crippen molar-refractivity contribution < 1.29 is 4.74 Å². The second kappa shape index (κ2) is 8.74. The molecule has 3 heteroatoms. The van der Waals surface area contributed by atoms with Gasteiger partial charge >= 0.3 is 0 Å². The Morgan fingerprint density at radius 3 is 1.90 bits per heavy atom. The molecule has 4 rings (SSSR count). The molecular formula is C27H30NOP. The fraction of sp³-hybridized carbons (Fsp3) is 0.296. The fourth-order valence-electron chi connectivity index (χ4n) is 3.97. The van der Waals surface area contributed by atoms with Crippen LogP contribution in [0.3, 0.4) is 0 Å². The van der Waals surface area contributed by atoms with Crippen molar-refractivity contribution in [2.45, 2.75) is 39.2 Å². The van der Waals surface area contributed by atoms with Crippen LogP contribution in [0.15, 0.2) is 89.9 Å². The first-order valence-corrected chi connectivity index (χ1v) is 12.0. The molecule has 0 fully saturated rings. The molecular weight excluding hydrogens is 385 g/mol. The topological polar surface area (TPSA) is 21.6 Å². The molecule has 0 amide bonds. The van der Waals surface area contributed by atoms with Crippen LogP contribution in [0.4, 0.5) is 0 Å². The van der Waals surface area contributed by atoms with Crippen LogP contribution < -0.4 is 15.9 Å². The molecule has 0 N–H and O–H groups in total. The molecule has 0 radical (unpaired) electrons. The van der Waals surface area contributed by atoms with Crippen molar-refractivity contribution in [3.63, 3.8) is 0 Å². The molecule has 1 heterocycles. The summed E-state index contributed by atoms with van der Waals surface area (Å²) in [6.07, 6.45) is 0. The summed E-state index contributed by atoms with van der Waals surface area (Å²) in [5.41, 5.74) is 1.01. The molecule has 154 valence electrons. The van der Waals surface area contributed by atoms with Gasteiger partial charge in [-0.2, -0.15) is 0 Å². The third-order valence-electron chi connectivity index (χ3n) is 5.83. The molecule has 0 saturated carbocycles. The van der Waals surface area contributed by atoms with Crippen LogP contribution in [-0.4, -0.2) is 18.5 Å². The van der Waals surface area contributed by atoms with Gasteiger partial charge in [-0.05, 0) is 49.2 Å². The van der Waals surface area contributed by atoms with E-state index in [0.29, 0.717) is 12.5 Å². The second-order valence-electron chi connectivity index (χ2n) is 8.71. The molecule has 0 bridgehead atoms. The molecule has 0 aromatic heterocycles. The quantitative estimate of drug-likeness (QED) is 0.509. The number of hydrogen-bond donors (Lipinski definition) is 0. The standard InChI is InChI=1S/C27H30NOP/c1-20(2)24-19-29-26(28-24)27(3,4)23-17-11-12-18-25(23)30(21-13-7-5-8-14-21)22-15-9-6-10-16-22/h5-18,20,24H,19H2,1-4H3. The number of aliphatic imine (C=N–C) groups is 1. The molecule has 3 aromatic rings. The Balaban J connectivity index is 1.84. The van der Waals surface area contributed by atoms with Crippen molar-refractivity contribution in [1.82, 2.24) is 0 Å². The summed E-state index contributed by atoms with van der Waals surface area (Å²) >= 11 is 0. The lowest BCUT2D eigenvalue weighted by atomic mass is 9.84. The average molecular weight is 416 g/mol. The largest absolute Gasteiger partial charge is 0.478 e. The molecule has 1 atom stereocenters. The van der Waals surface area contributed by atoms with Crippen molar-refractivity contribution in [3.8, 4) is 0 Å². The van der Waals surface area contributed by atoms with E-state index in [2.05, 4.69) is 113 Å². The maximum absolute atomic E-state index is 6.15. The van der Waals surface area contributed by atoms with Gasteiger partial charge in [0.15, 0.2) is 5.90 Å². The predicted molar refractivity (Wildman–Crippen MR) is 130 cm³/mol. The summed E-state index contributed by atoms with van der Waals surface area (Å²) in [6, 6.07) is 30.8.